The van der Waals surface area contributed by atoms with Gasteiger partial charge in [-0.15, -0.1) is 6.58 Å². The van der Waals surface area contributed by atoms with Gasteiger partial charge in [-0.1, -0.05) is 6.08 Å². The molecule has 154 valence electrons. The van der Waals surface area contributed by atoms with Crippen molar-refractivity contribution in [3.05, 3.63) is 42.0 Å². The molecular formula is C25H34F2O. The van der Waals surface area contributed by atoms with Gasteiger partial charge in [-0.25, -0.2) is 8.78 Å². The molecule has 3 saturated carbocycles. The highest BCUT2D eigenvalue weighted by molar-refractivity contribution is 5.33. The topological polar surface area (TPSA) is 9.23 Å². The molecule has 0 spiro atoms. The Bertz CT molecular complexity index is 669. The van der Waals surface area contributed by atoms with E-state index < -0.39 is 11.6 Å². The fraction of sp³-hybridized carbons (Fsp3) is 0.680. The van der Waals surface area contributed by atoms with Crippen LogP contribution in [0.3, 0.4) is 0 Å². The van der Waals surface area contributed by atoms with Crippen molar-refractivity contribution < 1.29 is 13.5 Å². The van der Waals surface area contributed by atoms with Crippen LogP contribution in [0.1, 0.15) is 75.7 Å². The van der Waals surface area contributed by atoms with Gasteiger partial charge < -0.3 is 4.74 Å². The summed E-state index contributed by atoms with van der Waals surface area (Å²) in [6.07, 6.45) is 15.0. The lowest BCUT2D eigenvalue weighted by Crippen LogP contribution is -2.34. The van der Waals surface area contributed by atoms with E-state index in [1.807, 2.05) is 0 Å². The number of hydrogen-bond acceptors (Lipinski definition) is 1. The normalized spacial score (nSPS) is 35.8. The molecule has 0 bridgehead atoms. The average Bonchev–Trinajstić information content (AvgIpc) is 2.73. The molecular weight excluding hydrogens is 354 g/mol. The molecule has 1 aromatic rings. The van der Waals surface area contributed by atoms with E-state index in [4.69, 9.17) is 4.74 Å². The number of allylic oxidation sites excluding steroid dienone is 1. The molecule has 0 amide bonds. The molecule has 1 aromatic carbocycles. The first kappa shape index (κ1) is 19.9. The summed E-state index contributed by atoms with van der Waals surface area (Å²) in [7, 11) is 1.31. The number of ether oxygens (including phenoxy) is 1. The second kappa shape index (κ2) is 8.55. The summed E-state index contributed by atoms with van der Waals surface area (Å²) in [5.74, 6) is 3.00. The molecule has 0 aliphatic heterocycles. The molecule has 4 atom stereocenters. The van der Waals surface area contributed by atoms with E-state index in [0.29, 0.717) is 0 Å². The van der Waals surface area contributed by atoms with Gasteiger partial charge in [0.15, 0.2) is 17.4 Å². The van der Waals surface area contributed by atoms with Gasteiger partial charge in [0.25, 0.3) is 0 Å². The summed E-state index contributed by atoms with van der Waals surface area (Å²) in [6, 6.07) is 2.99. The maximum absolute atomic E-state index is 14.1. The largest absolute Gasteiger partial charge is 0.491 e. The Balaban J connectivity index is 1.36. The standard InChI is InChI=1S/C25H34F2O/c1-3-16-4-6-17(7-5-16)18-8-9-20-13-21(11-10-19(20)12-18)22-14-23(26)25(28-2)24(27)15-22/h3,14-21H,1,4-13H2,2H3. The summed E-state index contributed by atoms with van der Waals surface area (Å²) >= 11 is 0. The van der Waals surface area contributed by atoms with Gasteiger partial charge in [-0.05, 0) is 117 Å². The Morgan fingerprint density at radius 3 is 1.96 bits per heavy atom. The zero-order valence-electron chi connectivity index (χ0n) is 17.1. The van der Waals surface area contributed by atoms with E-state index >= 15 is 0 Å². The molecule has 0 heterocycles. The number of fused-ring (bicyclic) bond motifs is 1. The Morgan fingerprint density at radius 1 is 0.821 bits per heavy atom. The van der Waals surface area contributed by atoms with Crippen molar-refractivity contribution >= 4 is 0 Å². The molecule has 0 saturated heterocycles. The zero-order valence-corrected chi connectivity index (χ0v) is 17.1. The molecule has 3 fully saturated rings. The molecule has 0 radical (unpaired) electrons. The van der Waals surface area contributed by atoms with Crippen LogP contribution in [-0.4, -0.2) is 7.11 Å². The number of methoxy groups -OCH3 is 1. The lowest BCUT2D eigenvalue weighted by Gasteiger charge is -2.45. The minimum absolute atomic E-state index is 0.260. The Hall–Kier alpha value is -1.38. The van der Waals surface area contributed by atoms with Crippen molar-refractivity contribution in [3.8, 4) is 5.75 Å². The van der Waals surface area contributed by atoms with Crippen LogP contribution in [-0.2, 0) is 0 Å². The second-order valence-electron chi connectivity index (χ2n) is 9.53. The Labute approximate surface area is 168 Å². The highest BCUT2D eigenvalue weighted by Gasteiger charge is 2.39. The minimum Gasteiger partial charge on any atom is -0.491 e. The van der Waals surface area contributed by atoms with E-state index in [2.05, 4.69) is 12.7 Å². The second-order valence-corrected chi connectivity index (χ2v) is 9.53. The number of rotatable bonds is 4. The van der Waals surface area contributed by atoms with Crippen LogP contribution in [0.2, 0.25) is 0 Å². The maximum Gasteiger partial charge on any atom is 0.190 e. The van der Waals surface area contributed by atoms with Gasteiger partial charge in [0.2, 0.25) is 0 Å². The van der Waals surface area contributed by atoms with Gasteiger partial charge in [0, 0.05) is 0 Å². The maximum atomic E-state index is 14.1. The summed E-state index contributed by atoms with van der Waals surface area (Å²) in [4.78, 5) is 0. The summed E-state index contributed by atoms with van der Waals surface area (Å²) in [6.45, 7) is 3.97. The molecule has 1 nitrogen and oxygen atoms in total. The molecule has 28 heavy (non-hydrogen) atoms. The van der Waals surface area contributed by atoms with Crippen molar-refractivity contribution in [2.24, 2.45) is 29.6 Å². The SMILES string of the molecule is C=CC1CCC(C2CCC3CC(c4cc(F)c(OC)c(F)c4)CCC3C2)CC1. The van der Waals surface area contributed by atoms with E-state index in [-0.39, 0.29) is 11.7 Å². The lowest BCUT2D eigenvalue weighted by molar-refractivity contribution is 0.0747. The average molecular weight is 389 g/mol. The van der Waals surface area contributed by atoms with Crippen molar-refractivity contribution in [2.45, 2.75) is 70.1 Å². The first-order valence-electron chi connectivity index (χ1n) is 11.2. The van der Waals surface area contributed by atoms with E-state index in [1.54, 1.807) is 0 Å². The molecule has 3 aliphatic rings. The third-order valence-corrected chi connectivity index (χ3v) is 8.17. The fourth-order valence-electron chi connectivity index (χ4n) is 6.52. The first-order valence-corrected chi connectivity index (χ1v) is 11.2. The molecule has 0 aromatic heterocycles. The van der Waals surface area contributed by atoms with Crippen molar-refractivity contribution in [3.63, 3.8) is 0 Å². The van der Waals surface area contributed by atoms with Crippen LogP contribution in [0, 0.1) is 41.2 Å². The van der Waals surface area contributed by atoms with Crippen LogP contribution in [0.4, 0.5) is 8.78 Å². The highest BCUT2D eigenvalue weighted by Crippen LogP contribution is 2.51. The van der Waals surface area contributed by atoms with Gasteiger partial charge in [-0.2, -0.15) is 0 Å². The van der Waals surface area contributed by atoms with Gasteiger partial charge in [0.05, 0.1) is 7.11 Å². The summed E-state index contributed by atoms with van der Waals surface area (Å²) in [5.41, 5.74) is 0.819. The van der Waals surface area contributed by atoms with Crippen LogP contribution < -0.4 is 4.74 Å². The summed E-state index contributed by atoms with van der Waals surface area (Å²) in [5, 5.41) is 0. The fourth-order valence-corrected chi connectivity index (χ4v) is 6.52. The smallest absolute Gasteiger partial charge is 0.190 e. The van der Waals surface area contributed by atoms with Gasteiger partial charge in [0.1, 0.15) is 0 Å². The van der Waals surface area contributed by atoms with Gasteiger partial charge >= 0.3 is 0 Å². The van der Waals surface area contributed by atoms with Gasteiger partial charge in [-0.3, -0.25) is 0 Å². The molecule has 3 aliphatic carbocycles. The molecule has 4 unspecified atom stereocenters. The molecule has 0 N–H and O–H groups in total. The van der Waals surface area contributed by atoms with Crippen molar-refractivity contribution in [1.29, 1.82) is 0 Å². The third kappa shape index (κ3) is 4.00. The van der Waals surface area contributed by atoms with E-state index in [1.165, 1.54) is 70.6 Å². The zero-order chi connectivity index (χ0) is 19.7. The van der Waals surface area contributed by atoms with E-state index in [9.17, 15) is 8.78 Å². The molecule has 3 heteroatoms. The quantitative estimate of drug-likeness (QED) is 0.493. The van der Waals surface area contributed by atoms with E-state index in [0.717, 1.165) is 48.0 Å². The predicted molar refractivity (Wildman–Crippen MR) is 109 cm³/mol. The van der Waals surface area contributed by atoms with Crippen LogP contribution in [0.15, 0.2) is 24.8 Å². The number of benzene rings is 1. The van der Waals surface area contributed by atoms with Crippen molar-refractivity contribution in [2.75, 3.05) is 7.11 Å². The monoisotopic (exact) mass is 388 g/mol. The Kier molecular flexibility index (Phi) is 6.08. The molecule has 4 rings (SSSR count). The van der Waals surface area contributed by atoms with Crippen LogP contribution >= 0.6 is 0 Å². The minimum atomic E-state index is -0.571. The highest BCUT2D eigenvalue weighted by atomic mass is 19.1. The first-order chi connectivity index (χ1) is 13.6. The third-order valence-electron chi connectivity index (χ3n) is 8.17. The number of hydrogen-bond donors (Lipinski definition) is 0. The predicted octanol–water partition coefficient (Wildman–Crippen LogP) is 7.27. The summed E-state index contributed by atoms with van der Waals surface area (Å²) < 4.78 is 33.1. The lowest BCUT2D eigenvalue weighted by atomic mass is 9.60. The van der Waals surface area contributed by atoms with Crippen LogP contribution in [0.5, 0.6) is 5.75 Å². The Morgan fingerprint density at radius 2 is 1.36 bits per heavy atom. The number of halogens is 2. The van der Waals surface area contributed by atoms with Crippen LogP contribution in [0.25, 0.3) is 0 Å². The van der Waals surface area contributed by atoms with Crippen molar-refractivity contribution in [1.82, 2.24) is 0 Å².